The van der Waals surface area contributed by atoms with Crippen molar-refractivity contribution in [2.24, 2.45) is 0 Å². The molecule has 0 aliphatic heterocycles. The second-order valence-electron chi connectivity index (χ2n) is 9.98. The van der Waals surface area contributed by atoms with Crippen LogP contribution < -0.4 is 0 Å². The number of fused-ring (bicyclic) bond motifs is 5. The smallest absolute Gasteiger partial charge is 0.162 e. The summed E-state index contributed by atoms with van der Waals surface area (Å²) in [7, 11) is 0. The summed E-state index contributed by atoms with van der Waals surface area (Å²) in [6.45, 7) is 0. The van der Waals surface area contributed by atoms with Crippen LogP contribution in [0, 0.1) is 0 Å². The SMILES string of the molecule is c1ccc2cc(-c3cc(-c4ccc5c(ccc6ccccc65)c4)nc(-c4ccnc5cccnc45)n3)ccc2c1. The maximum Gasteiger partial charge on any atom is 0.162 e. The Hall–Kier alpha value is -5.48. The third-order valence-electron chi connectivity index (χ3n) is 7.55. The van der Waals surface area contributed by atoms with Gasteiger partial charge in [0.25, 0.3) is 0 Å². The topological polar surface area (TPSA) is 51.6 Å². The van der Waals surface area contributed by atoms with Crippen LogP contribution in [0.3, 0.4) is 0 Å². The Kier molecular flexibility index (Phi) is 5.10. The van der Waals surface area contributed by atoms with E-state index in [1.807, 2.05) is 18.2 Å². The fourth-order valence-electron chi connectivity index (χ4n) is 5.54. The van der Waals surface area contributed by atoms with E-state index < -0.39 is 0 Å². The van der Waals surface area contributed by atoms with E-state index in [4.69, 9.17) is 9.97 Å². The van der Waals surface area contributed by atoms with Crippen molar-refractivity contribution in [3.63, 3.8) is 0 Å². The Morgan fingerprint density at radius 3 is 1.98 bits per heavy atom. The molecule has 186 valence electrons. The molecule has 3 aromatic heterocycles. The molecule has 5 aromatic carbocycles. The first-order valence-corrected chi connectivity index (χ1v) is 13.3. The van der Waals surface area contributed by atoms with E-state index in [1.54, 1.807) is 12.4 Å². The van der Waals surface area contributed by atoms with E-state index in [1.165, 1.54) is 32.3 Å². The van der Waals surface area contributed by atoms with Crippen molar-refractivity contribution < 1.29 is 0 Å². The molecule has 8 aromatic rings. The second kappa shape index (κ2) is 9.07. The molecule has 0 aliphatic rings. The lowest BCUT2D eigenvalue weighted by molar-refractivity contribution is 1.18. The average Bonchev–Trinajstić information content (AvgIpc) is 3.03. The number of rotatable bonds is 3. The van der Waals surface area contributed by atoms with Gasteiger partial charge < -0.3 is 0 Å². The van der Waals surface area contributed by atoms with Crippen LogP contribution in [0.1, 0.15) is 0 Å². The van der Waals surface area contributed by atoms with Crippen molar-refractivity contribution in [2.75, 3.05) is 0 Å². The van der Waals surface area contributed by atoms with E-state index in [2.05, 4.69) is 113 Å². The van der Waals surface area contributed by atoms with Gasteiger partial charge in [-0.3, -0.25) is 9.97 Å². The van der Waals surface area contributed by atoms with Gasteiger partial charge in [0, 0.05) is 29.1 Å². The molecule has 0 bridgehead atoms. The summed E-state index contributed by atoms with van der Waals surface area (Å²) in [6.07, 6.45) is 3.58. The molecule has 0 saturated carbocycles. The summed E-state index contributed by atoms with van der Waals surface area (Å²) in [5, 5.41) is 7.28. The summed E-state index contributed by atoms with van der Waals surface area (Å²) in [5.74, 6) is 0.630. The van der Waals surface area contributed by atoms with Gasteiger partial charge in [0.05, 0.1) is 22.4 Å². The number of benzene rings is 5. The zero-order valence-electron chi connectivity index (χ0n) is 21.5. The monoisotopic (exact) mass is 510 g/mol. The molecule has 0 unspecified atom stereocenters. The van der Waals surface area contributed by atoms with Crippen molar-refractivity contribution in [3.8, 4) is 33.9 Å². The molecule has 0 fully saturated rings. The molecule has 0 N–H and O–H groups in total. The van der Waals surface area contributed by atoms with Gasteiger partial charge in [-0.1, -0.05) is 84.9 Å². The quantitative estimate of drug-likeness (QED) is 0.223. The number of nitrogens with zero attached hydrogens (tertiary/aromatic N) is 4. The third-order valence-corrected chi connectivity index (χ3v) is 7.55. The first-order valence-electron chi connectivity index (χ1n) is 13.3. The summed E-state index contributed by atoms with van der Waals surface area (Å²) < 4.78 is 0. The van der Waals surface area contributed by atoms with Gasteiger partial charge in [0.2, 0.25) is 0 Å². The lowest BCUT2D eigenvalue weighted by Crippen LogP contribution is -1.98. The molecule has 3 heterocycles. The van der Waals surface area contributed by atoms with E-state index >= 15 is 0 Å². The van der Waals surface area contributed by atoms with Crippen molar-refractivity contribution in [1.29, 1.82) is 0 Å². The average molecular weight is 511 g/mol. The van der Waals surface area contributed by atoms with E-state index in [-0.39, 0.29) is 0 Å². The Morgan fingerprint density at radius 2 is 1.10 bits per heavy atom. The van der Waals surface area contributed by atoms with Crippen LogP contribution in [0.5, 0.6) is 0 Å². The zero-order chi connectivity index (χ0) is 26.5. The maximum absolute atomic E-state index is 5.10. The van der Waals surface area contributed by atoms with Gasteiger partial charge in [0.15, 0.2) is 5.82 Å². The van der Waals surface area contributed by atoms with Crippen LogP contribution in [0.2, 0.25) is 0 Å². The molecule has 0 atom stereocenters. The molecular weight excluding hydrogens is 488 g/mol. The van der Waals surface area contributed by atoms with Gasteiger partial charge in [-0.2, -0.15) is 0 Å². The molecule has 0 aliphatic carbocycles. The molecule has 40 heavy (non-hydrogen) atoms. The standard InChI is InChI=1S/C36H22N4/c1-2-8-25-20-27(14-11-23(25)6-1)33-22-34(40-36(39-33)31-17-19-37-32-10-5-18-38-35(31)32)28-15-16-30-26(21-28)13-12-24-7-3-4-9-29(24)30/h1-22H. The van der Waals surface area contributed by atoms with Crippen LogP contribution in [-0.4, -0.2) is 19.9 Å². The highest BCUT2D eigenvalue weighted by Gasteiger charge is 2.15. The summed E-state index contributed by atoms with van der Waals surface area (Å²) in [4.78, 5) is 19.3. The van der Waals surface area contributed by atoms with Crippen LogP contribution in [0.4, 0.5) is 0 Å². The molecule has 4 heteroatoms. The third kappa shape index (κ3) is 3.77. The van der Waals surface area contributed by atoms with E-state index in [0.717, 1.165) is 39.1 Å². The van der Waals surface area contributed by atoms with Crippen molar-refractivity contribution >= 4 is 43.4 Å². The van der Waals surface area contributed by atoms with E-state index in [9.17, 15) is 0 Å². The molecule has 0 spiro atoms. The van der Waals surface area contributed by atoms with Crippen molar-refractivity contribution in [1.82, 2.24) is 19.9 Å². The van der Waals surface area contributed by atoms with Crippen LogP contribution in [0.25, 0.3) is 77.3 Å². The number of hydrogen-bond donors (Lipinski definition) is 0. The largest absolute Gasteiger partial charge is 0.255 e. The van der Waals surface area contributed by atoms with Gasteiger partial charge in [-0.15, -0.1) is 0 Å². The number of hydrogen-bond acceptors (Lipinski definition) is 4. The normalized spacial score (nSPS) is 11.5. The van der Waals surface area contributed by atoms with Crippen molar-refractivity contribution in [3.05, 3.63) is 134 Å². The van der Waals surface area contributed by atoms with Gasteiger partial charge >= 0.3 is 0 Å². The molecule has 0 radical (unpaired) electrons. The Labute approximate surface area is 230 Å². The summed E-state index contributed by atoms with van der Waals surface area (Å²) in [5.41, 5.74) is 6.28. The molecule has 4 nitrogen and oxygen atoms in total. The lowest BCUT2D eigenvalue weighted by Gasteiger charge is -2.12. The highest BCUT2D eigenvalue weighted by Crippen LogP contribution is 2.33. The fraction of sp³-hybridized carbons (Fsp3) is 0. The minimum absolute atomic E-state index is 0.630. The minimum atomic E-state index is 0.630. The number of pyridine rings is 2. The minimum Gasteiger partial charge on any atom is -0.255 e. The molecular formula is C36H22N4. The van der Waals surface area contributed by atoms with Gasteiger partial charge in [0.1, 0.15) is 0 Å². The molecule has 8 rings (SSSR count). The first-order chi connectivity index (χ1) is 19.8. The van der Waals surface area contributed by atoms with E-state index in [0.29, 0.717) is 5.82 Å². The van der Waals surface area contributed by atoms with Crippen LogP contribution >= 0.6 is 0 Å². The summed E-state index contributed by atoms with van der Waals surface area (Å²) in [6, 6.07) is 42.2. The van der Waals surface area contributed by atoms with Gasteiger partial charge in [-0.25, -0.2) is 9.97 Å². The number of aromatic nitrogens is 4. The Balaban J connectivity index is 1.36. The Bertz CT molecular complexity index is 2230. The first kappa shape index (κ1) is 22.5. The van der Waals surface area contributed by atoms with Crippen molar-refractivity contribution in [2.45, 2.75) is 0 Å². The highest BCUT2D eigenvalue weighted by molar-refractivity contribution is 6.08. The predicted molar refractivity (Wildman–Crippen MR) is 164 cm³/mol. The molecule has 0 amide bonds. The van der Waals surface area contributed by atoms with Crippen LogP contribution in [-0.2, 0) is 0 Å². The van der Waals surface area contributed by atoms with Crippen LogP contribution in [0.15, 0.2) is 134 Å². The highest BCUT2D eigenvalue weighted by atomic mass is 14.9. The zero-order valence-corrected chi connectivity index (χ0v) is 21.5. The second-order valence-corrected chi connectivity index (χ2v) is 9.98. The summed E-state index contributed by atoms with van der Waals surface area (Å²) >= 11 is 0. The Morgan fingerprint density at radius 1 is 0.425 bits per heavy atom. The fourth-order valence-corrected chi connectivity index (χ4v) is 5.54. The molecule has 0 saturated heterocycles. The lowest BCUT2D eigenvalue weighted by atomic mass is 9.98. The maximum atomic E-state index is 5.10. The van der Waals surface area contributed by atoms with Gasteiger partial charge in [-0.05, 0) is 68.7 Å². The predicted octanol–water partition coefficient (Wildman–Crippen LogP) is 8.88.